The average Bonchev–Trinajstić information content (AvgIpc) is 3.54. The van der Waals surface area contributed by atoms with E-state index in [1.165, 1.54) is 7.11 Å². The van der Waals surface area contributed by atoms with Gasteiger partial charge in [-0.15, -0.1) is 4.72 Å². The molecule has 0 saturated carbocycles. The van der Waals surface area contributed by atoms with E-state index >= 15 is 0 Å². The Morgan fingerprint density at radius 2 is 1.73 bits per heavy atom. The number of nitrogens with zero attached hydrogens (tertiary/aromatic N) is 3. The van der Waals surface area contributed by atoms with Crippen molar-refractivity contribution in [2.24, 2.45) is 0 Å². The molecule has 5 rings (SSSR count). The standard InChI is InChI=1S/C41H49Cl2N5O6S/c1-24(47-55(51)41(5,6)7)28-16-13-25(21-33(28)52-8)37-36(43)30(19-20-44-37)29-11-10-12-31(35(29)42)32-17-14-26(38(46-32)53-9)22-48(39(50)54-40(2,3)4)23-27-15-18-34(49)45-27/h10-14,16-17,19-21,24,27,47H,15,18,22-23H2,1-9H3,(H,45,49)/t24-,27-,55?/m0/s1. The second-order valence-corrected chi connectivity index (χ2v) is 18.1. The maximum atomic E-state index is 13.3. The van der Waals surface area contributed by atoms with Crippen LogP contribution in [0.5, 0.6) is 11.6 Å². The minimum absolute atomic E-state index is 0.0366. The van der Waals surface area contributed by atoms with Crippen LogP contribution in [0, 0.1) is 0 Å². The van der Waals surface area contributed by atoms with E-state index in [1.54, 1.807) is 18.2 Å². The first-order valence-electron chi connectivity index (χ1n) is 18.0. The van der Waals surface area contributed by atoms with Crippen molar-refractivity contribution in [2.75, 3.05) is 20.8 Å². The third kappa shape index (κ3) is 10.2. The lowest BCUT2D eigenvalue weighted by molar-refractivity contribution is -0.119. The van der Waals surface area contributed by atoms with Gasteiger partial charge in [0.05, 0.1) is 48.2 Å². The van der Waals surface area contributed by atoms with Crippen LogP contribution in [-0.2, 0) is 27.4 Å². The van der Waals surface area contributed by atoms with E-state index in [-0.39, 0.29) is 31.1 Å². The molecule has 55 heavy (non-hydrogen) atoms. The Labute approximate surface area is 336 Å². The zero-order chi connectivity index (χ0) is 40.2. The Kier molecular flexibility index (Phi) is 13.3. The predicted octanol–water partition coefficient (Wildman–Crippen LogP) is 8.93. The maximum Gasteiger partial charge on any atom is 0.410 e. The lowest BCUT2D eigenvalue weighted by Crippen LogP contribution is -2.43. The van der Waals surface area contributed by atoms with Crippen LogP contribution in [0.3, 0.4) is 0 Å². The third-order valence-corrected chi connectivity index (χ3v) is 11.4. The fraction of sp³-hybridized carbons (Fsp3) is 0.415. The summed E-state index contributed by atoms with van der Waals surface area (Å²) in [6.07, 6.45) is 2.23. The monoisotopic (exact) mass is 809 g/mol. The maximum absolute atomic E-state index is 13.3. The van der Waals surface area contributed by atoms with E-state index in [4.69, 9.17) is 42.4 Å². The number of methoxy groups -OCH3 is 2. The first-order valence-corrected chi connectivity index (χ1v) is 19.9. The summed E-state index contributed by atoms with van der Waals surface area (Å²) in [5, 5.41) is 3.76. The van der Waals surface area contributed by atoms with E-state index in [9.17, 15) is 14.1 Å². The topological polar surface area (TPSA) is 138 Å². The fourth-order valence-electron chi connectivity index (χ4n) is 6.14. The summed E-state index contributed by atoms with van der Waals surface area (Å²) in [6.45, 7) is 13.6. The van der Waals surface area contributed by atoms with E-state index in [0.29, 0.717) is 68.2 Å². The Balaban J connectivity index is 1.44. The molecule has 294 valence electrons. The highest BCUT2D eigenvalue weighted by Gasteiger charge is 2.31. The highest BCUT2D eigenvalue weighted by atomic mass is 35.5. The number of rotatable bonds is 12. The summed E-state index contributed by atoms with van der Waals surface area (Å²) >= 11 is 13.0. The van der Waals surface area contributed by atoms with Crippen LogP contribution in [0.4, 0.5) is 4.79 Å². The molecule has 3 atom stereocenters. The van der Waals surface area contributed by atoms with Crippen molar-refractivity contribution < 1.29 is 28.4 Å². The van der Waals surface area contributed by atoms with Crippen LogP contribution in [0.2, 0.25) is 10.0 Å². The number of carbonyl (C=O) groups is 2. The smallest absolute Gasteiger partial charge is 0.410 e. The predicted molar refractivity (Wildman–Crippen MR) is 219 cm³/mol. The van der Waals surface area contributed by atoms with Gasteiger partial charge in [-0.3, -0.25) is 9.78 Å². The van der Waals surface area contributed by atoms with Gasteiger partial charge in [-0.25, -0.2) is 9.78 Å². The van der Waals surface area contributed by atoms with Gasteiger partial charge in [0.15, 0.2) is 0 Å². The SMILES string of the molecule is COc1cc(-c2nccc(-c3cccc(-c4ccc(CN(C[C@@H]5CCC(=O)N5)C(=O)OC(C)(C)C)c(OC)n4)c3Cl)c2Cl)ccc1[C@H](C)N[S+]([O-])C(C)(C)C. The van der Waals surface area contributed by atoms with Crippen molar-refractivity contribution in [1.82, 2.24) is 24.9 Å². The number of nitrogens with one attached hydrogen (secondary N) is 2. The van der Waals surface area contributed by atoms with Gasteiger partial charge in [0.2, 0.25) is 11.8 Å². The van der Waals surface area contributed by atoms with E-state index in [2.05, 4.69) is 15.0 Å². The largest absolute Gasteiger partial charge is 0.598 e. The Morgan fingerprint density at radius 1 is 1.02 bits per heavy atom. The molecule has 1 unspecified atom stereocenters. The first-order chi connectivity index (χ1) is 25.9. The average molecular weight is 811 g/mol. The molecule has 0 spiro atoms. The van der Waals surface area contributed by atoms with Crippen molar-refractivity contribution >= 4 is 46.6 Å². The van der Waals surface area contributed by atoms with E-state index < -0.39 is 27.8 Å². The molecule has 2 amide bonds. The second kappa shape index (κ2) is 17.4. The molecule has 0 radical (unpaired) electrons. The van der Waals surface area contributed by atoms with Crippen LogP contribution in [0.15, 0.2) is 60.8 Å². The Bertz CT molecular complexity index is 2040. The number of ether oxygens (including phenoxy) is 3. The van der Waals surface area contributed by atoms with E-state index in [0.717, 1.165) is 11.1 Å². The van der Waals surface area contributed by atoms with Gasteiger partial charge < -0.3 is 29.0 Å². The van der Waals surface area contributed by atoms with Crippen LogP contribution in [0.25, 0.3) is 33.6 Å². The highest BCUT2D eigenvalue weighted by Crippen LogP contribution is 2.43. The Hall–Kier alpha value is -4.07. The lowest BCUT2D eigenvalue weighted by atomic mass is 9.98. The third-order valence-electron chi connectivity index (χ3n) is 8.94. The zero-order valence-electron chi connectivity index (χ0n) is 32.7. The van der Waals surface area contributed by atoms with Gasteiger partial charge in [-0.2, -0.15) is 0 Å². The molecule has 2 N–H and O–H groups in total. The summed E-state index contributed by atoms with van der Waals surface area (Å²) in [6, 6.07) is 16.4. The molecule has 14 heteroatoms. The fourth-order valence-corrected chi connectivity index (χ4v) is 7.59. The summed E-state index contributed by atoms with van der Waals surface area (Å²) in [4.78, 5) is 36.2. The number of halogens is 2. The summed E-state index contributed by atoms with van der Waals surface area (Å²) < 4.78 is 32.7. The molecule has 3 heterocycles. The molecular formula is C41H49Cl2N5O6S. The van der Waals surface area contributed by atoms with Gasteiger partial charge in [0, 0.05) is 69.9 Å². The number of carbonyl (C=O) groups excluding carboxylic acids is 2. The summed E-state index contributed by atoms with van der Waals surface area (Å²) in [7, 11) is 3.11. The van der Waals surface area contributed by atoms with Crippen molar-refractivity contribution in [2.45, 2.75) is 90.3 Å². The van der Waals surface area contributed by atoms with Crippen molar-refractivity contribution in [3.63, 3.8) is 0 Å². The van der Waals surface area contributed by atoms with Crippen LogP contribution in [-0.4, -0.2) is 68.6 Å². The molecule has 11 nitrogen and oxygen atoms in total. The molecule has 1 saturated heterocycles. The number of pyridine rings is 2. The molecule has 0 aliphatic carbocycles. The molecule has 2 aromatic carbocycles. The first kappa shape index (κ1) is 42.1. The zero-order valence-corrected chi connectivity index (χ0v) is 35.0. The van der Waals surface area contributed by atoms with Crippen LogP contribution in [0.1, 0.15) is 78.5 Å². The summed E-state index contributed by atoms with van der Waals surface area (Å²) in [5.74, 6) is 0.888. The van der Waals surface area contributed by atoms with Gasteiger partial charge in [0.25, 0.3) is 0 Å². The minimum atomic E-state index is -1.27. The summed E-state index contributed by atoms with van der Waals surface area (Å²) in [5.41, 5.74) is 4.64. The number of amides is 2. The number of aromatic nitrogens is 2. The number of hydrogen-bond acceptors (Lipinski definition) is 9. The van der Waals surface area contributed by atoms with Crippen molar-refractivity contribution in [3.8, 4) is 45.3 Å². The highest BCUT2D eigenvalue weighted by molar-refractivity contribution is 7.90. The van der Waals surface area contributed by atoms with Crippen LogP contribution >= 0.6 is 23.2 Å². The lowest BCUT2D eigenvalue weighted by Gasteiger charge is -2.29. The quantitative estimate of drug-likeness (QED) is 0.134. The van der Waals surface area contributed by atoms with E-state index in [1.807, 2.05) is 103 Å². The van der Waals surface area contributed by atoms with Crippen molar-refractivity contribution in [3.05, 3.63) is 82.0 Å². The van der Waals surface area contributed by atoms with Gasteiger partial charge >= 0.3 is 6.09 Å². The normalized spacial score (nSPS) is 15.6. The van der Waals surface area contributed by atoms with Crippen LogP contribution < -0.4 is 19.5 Å². The number of hydrogen-bond donors (Lipinski definition) is 2. The molecule has 2 aromatic heterocycles. The van der Waals surface area contributed by atoms with Gasteiger partial charge in [0.1, 0.15) is 16.1 Å². The molecule has 1 fully saturated rings. The van der Waals surface area contributed by atoms with Gasteiger partial charge in [-0.1, -0.05) is 53.5 Å². The molecule has 1 aliphatic heterocycles. The van der Waals surface area contributed by atoms with Gasteiger partial charge in [-0.05, 0) is 79.2 Å². The Morgan fingerprint density at radius 3 is 2.36 bits per heavy atom. The van der Waals surface area contributed by atoms with Crippen molar-refractivity contribution in [1.29, 1.82) is 0 Å². The molecule has 1 aliphatic rings. The number of benzene rings is 2. The minimum Gasteiger partial charge on any atom is -0.598 e. The molecular weight excluding hydrogens is 761 g/mol. The molecule has 4 aromatic rings. The molecule has 0 bridgehead atoms. The second-order valence-electron chi connectivity index (χ2n) is 15.4.